The second-order valence-corrected chi connectivity index (χ2v) is 7.14. The van der Waals surface area contributed by atoms with Crippen molar-refractivity contribution < 1.29 is 14.4 Å². The van der Waals surface area contributed by atoms with Gasteiger partial charge in [-0.15, -0.1) is 10.2 Å². The maximum atomic E-state index is 12.3. The predicted octanol–water partition coefficient (Wildman–Crippen LogP) is 3.43. The number of hydrogen-bond acceptors (Lipinski definition) is 9. The zero-order chi connectivity index (χ0) is 22.1. The van der Waals surface area contributed by atoms with Crippen LogP contribution in [0, 0.1) is 17.0 Å². The highest BCUT2D eigenvalue weighted by molar-refractivity contribution is 7.98. The summed E-state index contributed by atoms with van der Waals surface area (Å²) in [6.07, 6.45) is 7.04. The van der Waals surface area contributed by atoms with E-state index in [1.54, 1.807) is 12.3 Å². The van der Waals surface area contributed by atoms with Gasteiger partial charge in [0.1, 0.15) is 5.69 Å². The second-order valence-electron chi connectivity index (χ2n) is 6.37. The molecule has 0 aliphatic heterocycles. The number of aromatic nitrogens is 3. The van der Waals surface area contributed by atoms with E-state index in [4.69, 9.17) is 9.47 Å². The average Bonchev–Trinajstić information content (AvgIpc) is 2.74. The van der Waals surface area contributed by atoms with Crippen LogP contribution >= 0.6 is 11.8 Å². The highest BCUT2D eigenvalue weighted by atomic mass is 32.2. The molecule has 0 radical (unpaired) electrons. The molecular formula is C19H25N5O5S. The topological polar surface area (TPSA) is 122 Å². The number of methoxy groups -OCH3 is 1. The van der Waals surface area contributed by atoms with E-state index >= 15 is 0 Å². The number of hydrogen-bond donors (Lipinski definition) is 0. The second kappa shape index (κ2) is 11.3. The lowest BCUT2D eigenvalue weighted by Crippen LogP contribution is -2.23. The number of thioether (sulfide) groups is 1. The Morgan fingerprint density at radius 2 is 2.07 bits per heavy atom. The van der Waals surface area contributed by atoms with Gasteiger partial charge in [-0.3, -0.25) is 14.9 Å². The number of nitro benzene ring substituents is 1. The molecule has 0 atom stereocenters. The molecule has 0 saturated carbocycles. The molecule has 2 rings (SSSR count). The van der Waals surface area contributed by atoms with E-state index < -0.39 is 10.5 Å². The van der Waals surface area contributed by atoms with Gasteiger partial charge < -0.3 is 9.47 Å². The van der Waals surface area contributed by atoms with Crippen LogP contribution in [-0.2, 0) is 0 Å². The fourth-order valence-corrected chi connectivity index (χ4v) is 3.04. The number of rotatable bonds is 11. The van der Waals surface area contributed by atoms with E-state index in [1.165, 1.54) is 38.1 Å². The monoisotopic (exact) mass is 435 g/mol. The Bertz CT molecular complexity index is 977. The Balaban J connectivity index is 2.38. The summed E-state index contributed by atoms with van der Waals surface area (Å²) in [6, 6.07) is 2.90. The van der Waals surface area contributed by atoms with Gasteiger partial charge in [0.25, 0.3) is 5.56 Å². The van der Waals surface area contributed by atoms with E-state index in [9.17, 15) is 14.9 Å². The van der Waals surface area contributed by atoms with Crippen molar-refractivity contribution in [3.8, 4) is 11.5 Å². The van der Waals surface area contributed by atoms with E-state index in [-0.39, 0.29) is 22.9 Å². The summed E-state index contributed by atoms with van der Waals surface area (Å²) < 4.78 is 12.1. The van der Waals surface area contributed by atoms with Crippen LogP contribution in [0.2, 0.25) is 0 Å². The van der Waals surface area contributed by atoms with Gasteiger partial charge in [-0.2, -0.15) is 9.78 Å². The lowest BCUT2D eigenvalue weighted by Gasteiger charge is -2.12. The summed E-state index contributed by atoms with van der Waals surface area (Å²) in [4.78, 5) is 23.4. The summed E-state index contributed by atoms with van der Waals surface area (Å²) in [5, 5.41) is 23.8. The van der Waals surface area contributed by atoms with Gasteiger partial charge in [0, 0.05) is 11.6 Å². The van der Waals surface area contributed by atoms with E-state index in [0.717, 1.165) is 30.4 Å². The SMILES string of the molecule is CCCCCCOc1c(OC)cc(/C=N\n2c(SC)nnc(C)c2=O)cc1[N+](=O)[O-]. The number of nitrogens with zero attached hydrogens (tertiary/aromatic N) is 5. The molecule has 11 heteroatoms. The van der Waals surface area contributed by atoms with Crippen molar-refractivity contribution in [3.63, 3.8) is 0 Å². The average molecular weight is 436 g/mol. The first-order valence-electron chi connectivity index (χ1n) is 9.46. The summed E-state index contributed by atoms with van der Waals surface area (Å²) >= 11 is 1.21. The molecule has 1 aromatic carbocycles. The predicted molar refractivity (Wildman–Crippen MR) is 115 cm³/mol. The molecule has 0 aliphatic carbocycles. The molecule has 0 unspecified atom stereocenters. The van der Waals surface area contributed by atoms with Crippen molar-refractivity contribution >= 4 is 23.7 Å². The number of unbranched alkanes of at least 4 members (excludes halogenated alkanes) is 3. The largest absolute Gasteiger partial charge is 0.493 e. The Morgan fingerprint density at radius 3 is 2.70 bits per heavy atom. The molecule has 2 aromatic rings. The molecule has 0 spiro atoms. The Labute approximate surface area is 178 Å². The summed E-state index contributed by atoms with van der Waals surface area (Å²) in [5.41, 5.74) is -0.0718. The third-order valence-electron chi connectivity index (χ3n) is 4.19. The first kappa shape index (κ1) is 23.3. The normalized spacial score (nSPS) is 11.1. The fraction of sp³-hybridized carbons (Fsp3) is 0.474. The lowest BCUT2D eigenvalue weighted by molar-refractivity contribution is -0.386. The first-order valence-corrected chi connectivity index (χ1v) is 10.7. The molecular weight excluding hydrogens is 410 g/mol. The van der Waals surface area contributed by atoms with Crippen molar-refractivity contribution in [1.29, 1.82) is 0 Å². The van der Waals surface area contributed by atoms with Gasteiger partial charge in [-0.05, 0) is 25.7 Å². The van der Waals surface area contributed by atoms with Crippen molar-refractivity contribution in [2.45, 2.75) is 44.7 Å². The molecule has 0 fully saturated rings. The number of aryl methyl sites for hydroxylation is 1. The van der Waals surface area contributed by atoms with Gasteiger partial charge >= 0.3 is 5.69 Å². The summed E-state index contributed by atoms with van der Waals surface area (Å²) in [7, 11) is 1.41. The molecule has 0 saturated heterocycles. The van der Waals surface area contributed by atoms with Gasteiger partial charge in [-0.1, -0.05) is 37.9 Å². The maximum Gasteiger partial charge on any atom is 0.315 e. The highest BCUT2D eigenvalue weighted by Gasteiger charge is 2.22. The van der Waals surface area contributed by atoms with Crippen LogP contribution in [0.25, 0.3) is 0 Å². The third-order valence-corrected chi connectivity index (χ3v) is 4.81. The quantitative estimate of drug-likeness (QED) is 0.173. The Kier molecular flexibility index (Phi) is 8.78. The summed E-state index contributed by atoms with van der Waals surface area (Å²) in [5.74, 6) is 0.308. The molecule has 1 heterocycles. The van der Waals surface area contributed by atoms with Crippen molar-refractivity contribution in [1.82, 2.24) is 14.9 Å². The summed E-state index contributed by atoms with van der Waals surface area (Å²) in [6.45, 7) is 4.00. The molecule has 0 bridgehead atoms. The van der Waals surface area contributed by atoms with Gasteiger partial charge in [0.15, 0.2) is 5.75 Å². The van der Waals surface area contributed by atoms with Crippen molar-refractivity contribution in [2.24, 2.45) is 5.10 Å². The fourth-order valence-electron chi connectivity index (χ4n) is 2.61. The van der Waals surface area contributed by atoms with Crippen molar-refractivity contribution in [2.75, 3.05) is 20.0 Å². The molecule has 0 aliphatic rings. The van der Waals surface area contributed by atoms with Crippen molar-refractivity contribution in [3.05, 3.63) is 43.9 Å². The van der Waals surface area contributed by atoms with Gasteiger partial charge in [0.05, 0.1) is 24.9 Å². The Hall–Kier alpha value is -2.95. The van der Waals surface area contributed by atoms with E-state index in [1.807, 2.05) is 0 Å². The first-order chi connectivity index (χ1) is 14.4. The standard InChI is InChI=1S/C19H25N5O5S/c1-5-6-7-8-9-29-17-15(24(26)27)10-14(11-16(17)28-3)12-20-23-18(25)13(2)21-22-19(23)30-4/h10-12H,5-9H2,1-4H3/b20-12-. The molecule has 162 valence electrons. The minimum atomic E-state index is -0.529. The minimum absolute atomic E-state index is 0.0829. The van der Waals surface area contributed by atoms with E-state index in [0.29, 0.717) is 17.3 Å². The minimum Gasteiger partial charge on any atom is -0.493 e. The maximum absolute atomic E-state index is 12.3. The van der Waals surface area contributed by atoms with Crippen LogP contribution in [0.4, 0.5) is 5.69 Å². The third kappa shape index (κ3) is 5.78. The molecule has 0 amide bonds. The molecule has 1 aromatic heterocycles. The number of ether oxygens (including phenoxy) is 2. The number of benzene rings is 1. The zero-order valence-corrected chi connectivity index (χ0v) is 18.3. The van der Waals surface area contributed by atoms with Crippen LogP contribution in [0.3, 0.4) is 0 Å². The van der Waals surface area contributed by atoms with Crippen LogP contribution in [-0.4, -0.2) is 46.0 Å². The zero-order valence-electron chi connectivity index (χ0n) is 17.5. The van der Waals surface area contributed by atoms with Gasteiger partial charge in [0.2, 0.25) is 10.9 Å². The lowest BCUT2D eigenvalue weighted by atomic mass is 10.1. The highest BCUT2D eigenvalue weighted by Crippen LogP contribution is 2.38. The van der Waals surface area contributed by atoms with Crippen LogP contribution in [0.15, 0.2) is 27.2 Å². The number of nitro groups is 1. The molecule has 10 nitrogen and oxygen atoms in total. The van der Waals surface area contributed by atoms with Gasteiger partial charge in [-0.25, -0.2) is 0 Å². The van der Waals surface area contributed by atoms with E-state index in [2.05, 4.69) is 22.2 Å². The Morgan fingerprint density at radius 1 is 1.30 bits per heavy atom. The van der Waals surface area contributed by atoms with Crippen LogP contribution in [0.5, 0.6) is 11.5 Å². The molecule has 30 heavy (non-hydrogen) atoms. The smallest absolute Gasteiger partial charge is 0.315 e. The van der Waals surface area contributed by atoms with Crippen LogP contribution < -0.4 is 15.0 Å². The van der Waals surface area contributed by atoms with Crippen LogP contribution in [0.1, 0.15) is 43.9 Å². The molecule has 0 N–H and O–H groups in total.